The summed E-state index contributed by atoms with van der Waals surface area (Å²) in [4.78, 5) is 25.8. The van der Waals surface area contributed by atoms with Gasteiger partial charge in [-0.25, -0.2) is 4.79 Å². The van der Waals surface area contributed by atoms with Gasteiger partial charge in [0.05, 0.1) is 5.69 Å². The Hall–Kier alpha value is -1.92. The number of hydrogen-bond acceptors (Lipinski definition) is 5. The maximum Gasteiger partial charge on any atom is 0.331 e. The lowest BCUT2D eigenvalue weighted by Gasteiger charge is -2.01. The van der Waals surface area contributed by atoms with Gasteiger partial charge in [0.1, 0.15) is 5.15 Å². The smallest absolute Gasteiger partial charge is 0.331 e. The van der Waals surface area contributed by atoms with Crippen LogP contribution in [0.4, 0.5) is 0 Å². The average Bonchev–Trinajstić information content (AvgIpc) is 2.94. The van der Waals surface area contributed by atoms with Crippen LogP contribution in [0, 0.1) is 20.8 Å². The van der Waals surface area contributed by atoms with Crippen LogP contribution in [0.25, 0.3) is 6.08 Å². The van der Waals surface area contributed by atoms with Crippen molar-refractivity contribution in [3.05, 3.63) is 43.9 Å². The fourth-order valence-electron chi connectivity index (χ4n) is 2.16. The van der Waals surface area contributed by atoms with Crippen molar-refractivity contribution >= 4 is 40.8 Å². The number of Topliss-reactive ketones (excluding diaryl/α,β-unsaturated/α-hetero) is 1. The number of rotatable bonds is 5. The van der Waals surface area contributed by atoms with E-state index in [4.69, 9.17) is 16.3 Å². The average molecular weight is 353 g/mol. The molecule has 0 aromatic carbocycles. The van der Waals surface area contributed by atoms with E-state index in [1.165, 1.54) is 16.8 Å². The topological polar surface area (TPSA) is 61.2 Å². The molecule has 23 heavy (non-hydrogen) atoms. The second-order valence-corrected chi connectivity index (χ2v) is 6.92. The number of thiophene rings is 1. The molecule has 7 heteroatoms. The Balaban J connectivity index is 1.96. The van der Waals surface area contributed by atoms with E-state index >= 15 is 0 Å². The van der Waals surface area contributed by atoms with Crippen molar-refractivity contribution in [2.24, 2.45) is 7.05 Å². The van der Waals surface area contributed by atoms with Gasteiger partial charge >= 0.3 is 5.97 Å². The number of hydrogen-bond donors (Lipinski definition) is 0. The Morgan fingerprint density at radius 1 is 1.39 bits per heavy atom. The van der Waals surface area contributed by atoms with Crippen LogP contribution in [-0.4, -0.2) is 28.1 Å². The van der Waals surface area contributed by atoms with Gasteiger partial charge in [-0.15, -0.1) is 11.3 Å². The van der Waals surface area contributed by atoms with Gasteiger partial charge in [0.15, 0.2) is 6.61 Å². The van der Waals surface area contributed by atoms with E-state index in [0.29, 0.717) is 22.0 Å². The lowest BCUT2D eigenvalue weighted by Crippen LogP contribution is -2.12. The summed E-state index contributed by atoms with van der Waals surface area (Å²) < 4.78 is 6.51. The first-order valence-electron chi connectivity index (χ1n) is 6.93. The molecule has 2 aromatic rings. The van der Waals surface area contributed by atoms with Gasteiger partial charge in [0, 0.05) is 34.0 Å². The Kier molecular flexibility index (Phi) is 5.38. The molecule has 0 aliphatic heterocycles. The summed E-state index contributed by atoms with van der Waals surface area (Å²) in [5.74, 6) is -0.800. The number of halogens is 1. The third-order valence-electron chi connectivity index (χ3n) is 3.27. The molecular weight excluding hydrogens is 336 g/mol. The molecule has 0 aliphatic rings. The summed E-state index contributed by atoms with van der Waals surface area (Å²) in [5, 5.41) is 4.58. The minimum atomic E-state index is -0.595. The molecule has 2 heterocycles. The fraction of sp³-hybridized carbons (Fsp3) is 0.312. The number of nitrogens with zero attached hydrogens (tertiary/aromatic N) is 2. The van der Waals surface area contributed by atoms with Crippen LogP contribution in [0.2, 0.25) is 5.15 Å². The third-order valence-corrected chi connectivity index (χ3v) is 4.68. The molecule has 0 radical (unpaired) electrons. The minimum absolute atomic E-state index is 0.204. The van der Waals surface area contributed by atoms with Crippen molar-refractivity contribution < 1.29 is 14.3 Å². The lowest BCUT2D eigenvalue weighted by molar-refractivity contribution is -0.136. The number of carbonyl (C=O) groups is 2. The molecule has 2 aromatic heterocycles. The first kappa shape index (κ1) is 17.4. The highest BCUT2D eigenvalue weighted by Crippen LogP contribution is 2.21. The van der Waals surface area contributed by atoms with Gasteiger partial charge in [-0.05, 0) is 32.9 Å². The molecule has 122 valence electrons. The fourth-order valence-corrected chi connectivity index (χ4v) is 3.34. The summed E-state index contributed by atoms with van der Waals surface area (Å²) in [6, 6.07) is 1.81. The van der Waals surface area contributed by atoms with Crippen molar-refractivity contribution in [2.75, 3.05) is 6.61 Å². The number of aryl methyl sites for hydroxylation is 4. The minimum Gasteiger partial charge on any atom is -0.454 e. The Bertz CT molecular complexity index is 790. The van der Waals surface area contributed by atoms with Crippen LogP contribution in [0.5, 0.6) is 0 Å². The molecule has 0 spiro atoms. The van der Waals surface area contributed by atoms with Crippen LogP contribution >= 0.6 is 22.9 Å². The van der Waals surface area contributed by atoms with Crippen LogP contribution in [0.3, 0.4) is 0 Å². The molecule has 0 atom stereocenters. The van der Waals surface area contributed by atoms with E-state index in [2.05, 4.69) is 5.10 Å². The molecule has 0 fully saturated rings. The third kappa shape index (κ3) is 4.09. The molecule has 0 amide bonds. The van der Waals surface area contributed by atoms with Crippen molar-refractivity contribution in [2.45, 2.75) is 20.8 Å². The van der Waals surface area contributed by atoms with Gasteiger partial charge in [-0.2, -0.15) is 5.10 Å². The number of esters is 1. The number of ether oxygens (including phenoxy) is 1. The van der Waals surface area contributed by atoms with Crippen molar-refractivity contribution in [3.63, 3.8) is 0 Å². The van der Waals surface area contributed by atoms with E-state index in [0.717, 1.165) is 9.75 Å². The number of carbonyl (C=O) groups excluding carboxylic acids is 2. The Labute approximate surface area is 143 Å². The zero-order valence-corrected chi connectivity index (χ0v) is 14.9. The highest BCUT2D eigenvalue weighted by atomic mass is 35.5. The molecule has 2 rings (SSSR count). The van der Waals surface area contributed by atoms with Gasteiger partial charge in [-0.1, -0.05) is 11.6 Å². The highest BCUT2D eigenvalue weighted by molar-refractivity contribution is 7.12. The molecular formula is C16H17ClN2O3S. The molecule has 5 nitrogen and oxygen atoms in total. The predicted molar refractivity (Wildman–Crippen MR) is 91.1 cm³/mol. The standard InChI is InChI=1S/C16H17ClN2O3S/c1-9-7-13(11(3)23-9)14(20)8-22-15(21)6-5-12-10(2)18-19(4)16(12)17/h5-7H,8H2,1-4H3. The van der Waals surface area contributed by atoms with Crippen molar-refractivity contribution in [1.82, 2.24) is 9.78 Å². The summed E-state index contributed by atoms with van der Waals surface area (Å²) in [7, 11) is 1.72. The van der Waals surface area contributed by atoms with E-state index in [-0.39, 0.29) is 12.4 Å². The van der Waals surface area contributed by atoms with Gasteiger partial charge in [-0.3, -0.25) is 9.48 Å². The van der Waals surface area contributed by atoms with E-state index < -0.39 is 5.97 Å². The number of ketones is 1. The molecule has 0 saturated heterocycles. The van der Waals surface area contributed by atoms with Crippen LogP contribution in [-0.2, 0) is 16.6 Å². The SMILES string of the molecule is Cc1cc(C(=O)COC(=O)C=Cc2c(C)nn(C)c2Cl)c(C)s1. The molecule has 0 unspecified atom stereocenters. The zero-order chi connectivity index (χ0) is 17.1. The predicted octanol–water partition coefficient (Wildman–Crippen LogP) is 3.50. The summed E-state index contributed by atoms with van der Waals surface area (Å²) in [6.07, 6.45) is 2.78. The largest absolute Gasteiger partial charge is 0.454 e. The Morgan fingerprint density at radius 3 is 2.61 bits per heavy atom. The summed E-state index contributed by atoms with van der Waals surface area (Å²) >= 11 is 7.61. The maximum atomic E-state index is 12.0. The van der Waals surface area contributed by atoms with Gasteiger partial charge in [0.2, 0.25) is 5.78 Å². The van der Waals surface area contributed by atoms with Crippen molar-refractivity contribution in [3.8, 4) is 0 Å². The first-order valence-corrected chi connectivity index (χ1v) is 8.13. The monoisotopic (exact) mass is 352 g/mol. The van der Waals surface area contributed by atoms with Crippen molar-refractivity contribution in [1.29, 1.82) is 0 Å². The van der Waals surface area contributed by atoms with Crippen LogP contribution in [0.1, 0.15) is 31.4 Å². The molecule has 0 aliphatic carbocycles. The van der Waals surface area contributed by atoms with Gasteiger partial charge in [0.25, 0.3) is 0 Å². The second-order valence-electron chi connectivity index (χ2n) is 5.10. The summed E-state index contributed by atoms with van der Waals surface area (Å²) in [6.45, 7) is 5.32. The van der Waals surface area contributed by atoms with Crippen LogP contribution < -0.4 is 0 Å². The normalized spacial score (nSPS) is 11.2. The maximum absolute atomic E-state index is 12.0. The highest BCUT2D eigenvalue weighted by Gasteiger charge is 2.14. The van der Waals surface area contributed by atoms with Gasteiger partial charge < -0.3 is 4.74 Å². The zero-order valence-electron chi connectivity index (χ0n) is 13.3. The quantitative estimate of drug-likeness (QED) is 0.469. The molecule has 0 N–H and O–H groups in total. The van der Waals surface area contributed by atoms with E-state index in [9.17, 15) is 9.59 Å². The Morgan fingerprint density at radius 2 is 2.09 bits per heavy atom. The van der Waals surface area contributed by atoms with E-state index in [1.54, 1.807) is 25.3 Å². The van der Waals surface area contributed by atoms with Crippen LogP contribution in [0.15, 0.2) is 12.1 Å². The molecule has 0 bridgehead atoms. The number of aromatic nitrogens is 2. The van der Waals surface area contributed by atoms with E-state index in [1.807, 2.05) is 19.9 Å². The lowest BCUT2D eigenvalue weighted by atomic mass is 10.2. The first-order chi connectivity index (χ1) is 10.8. The summed E-state index contributed by atoms with van der Waals surface area (Å²) in [5.41, 5.74) is 1.97. The second kappa shape index (κ2) is 7.10. The molecule has 0 saturated carbocycles.